The molecule has 0 bridgehead atoms. The standard InChI is InChI=1S/C27H42INO2/c1-15-5-8-22-16(2)27(28)23(29(22)14-15)12-21-19-7-6-17-11-18(30)9-10-25(17,3)20(19)13-24(31)26(21,27)4/h6,15-16,18-24,30-31H,5,7-14H2,1-4H3/t15-,16+,18-,19+,20-,21-,22+,23?,24-,25-,26+,27?/m0/s1. The maximum absolute atomic E-state index is 12.0. The predicted octanol–water partition coefficient (Wildman–Crippen LogP) is 5.18. The van der Waals surface area contributed by atoms with Gasteiger partial charge in [-0.25, -0.2) is 0 Å². The van der Waals surface area contributed by atoms with E-state index >= 15 is 0 Å². The number of alkyl halides is 1. The third-order valence-electron chi connectivity index (χ3n) is 11.9. The van der Waals surface area contributed by atoms with Crippen molar-refractivity contribution in [2.75, 3.05) is 6.54 Å². The van der Waals surface area contributed by atoms with Gasteiger partial charge in [-0.05, 0) is 86.4 Å². The highest BCUT2D eigenvalue weighted by Gasteiger charge is 2.75. The number of aliphatic hydroxyl groups excluding tert-OH is 2. The number of hydrogen-bond donors (Lipinski definition) is 2. The Morgan fingerprint density at radius 3 is 2.61 bits per heavy atom. The summed E-state index contributed by atoms with van der Waals surface area (Å²) in [7, 11) is 0. The van der Waals surface area contributed by atoms with Crippen molar-refractivity contribution in [3.8, 4) is 0 Å². The maximum Gasteiger partial charge on any atom is 0.0613 e. The molecule has 0 aromatic carbocycles. The number of allylic oxidation sites excluding steroid dienone is 1. The van der Waals surface area contributed by atoms with Gasteiger partial charge in [-0.15, -0.1) is 0 Å². The van der Waals surface area contributed by atoms with Gasteiger partial charge in [0.15, 0.2) is 0 Å². The second-order valence-corrected chi connectivity index (χ2v) is 14.7. The molecule has 2 saturated heterocycles. The molecule has 6 rings (SSSR count). The van der Waals surface area contributed by atoms with E-state index in [4.69, 9.17) is 0 Å². The van der Waals surface area contributed by atoms with Crippen LogP contribution < -0.4 is 0 Å². The minimum atomic E-state index is -0.204. The fraction of sp³-hybridized carbons (Fsp3) is 0.926. The molecule has 0 spiro atoms. The lowest BCUT2D eigenvalue weighted by Gasteiger charge is -2.61. The van der Waals surface area contributed by atoms with Crippen LogP contribution in [0.4, 0.5) is 0 Å². The summed E-state index contributed by atoms with van der Waals surface area (Å²) in [6.07, 6.45) is 11.2. The molecule has 2 aliphatic heterocycles. The van der Waals surface area contributed by atoms with Crippen LogP contribution >= 0.6 is 22.6 Å². The maximum atomic E-state index is 12.0. The molecule has 3 saturated carbocycles. The van der Waals surface area contributed by atoms with Crippen LogP contribution in [0.3, 0.4) is 0 Å². The lowest BCUT2D eigenvalue weighted by Crippen LogP contribution is -2.61. The molecule has 4 aliphatic carbocycles. The Morgan fingerprint density at radius 2 is 1.84 bits per heavy atom. The molecule has 2 unspecified atom stereocenters. The van der Waals surface area contributed by atoms with Crippen LogP contribution in [0.5, 0.6) is 0 Å². The van der Waals surface area contributed by atoms with Crippen LogP contribution in [0.25, 0.3) is 0 Å². The Hall–Kier alpha value is 0.350. The van der Waals surface area contributed by atoms with E-state index in [0.717, 1.165) is 37.6 Å². The second-order valence-electron chi connectivity index (χ2n) is 12.9. The molecule has 4 heteroatoms. The van der Waals surface area contributed by atoms with Gasteiger partial charge in [-0.1, -0.05) is 61.9 Å². The number of hydrogen-bond acceptors (Lipinski definition) is 3. The van der Waals surface area contributed by atoms with Crippen molar-refractivity contribution in [3.05, 3.63) is 11.6 Å². The largest absolute Gasteiger partial charge is 0.393 e. The second kappa shape index (κ2) is 6.95. The normalized spacial score (nSPS) is 61.0. The Kier molecular flexibility index (Phi) is 4.90. The predicted molar refractivity (Wildman–Crippen MR) is 133 cm³/mol. The van der Waals surface area contributed by atoms with Crippen molar-refractivity contribution in [3.63, 3.8) is 0 Å². The summed E-state index contributed by atoms with van der Waals surface area (Å²) in [5.41, 5.74) is 1.70. The molecule has 174 valence electrons. The highest BCUT2D eigenvalue weighted by atomic mass is 127. The minimum absolute atomic E-state index is 0.00920. The molecule has 0 amide bonds. The Labute approximate surface area is 202 Å². The molecule has 2 heterocycles. The zero-order chi connectivity index (χ0) is 21.9. The molecule has 12 atom stereocenters. The summed E-state index contributed by atoms with van der Waals surface area (Å²) < 4.78 is 0.183. The van der Waals surface area contributed by atoms with Crippen molar-refractivity contribution >= 4 is 22.6 Å². The van der Waals surface area contributed by atoms with E-state index in [1.54, 1.807) is 0 Å². The highest BCUT2D eigenvalue weighted by Crippen LogP contribution is 2.73. The first-order valence-electron chi connectivity index (χ1n) is 13.1. The summed E-state index contributed by atoms with van der Waals surface area (Å²) in [5.74, 6) is 3.36. The van der Waals surface area contributed by atoms with E-state index in [1.807, 2.05) is 0 Å². The Bertz CT molecular complexity index is 800. The van der Waals surface area contributed by atoms with Crippen LogP contribution in [0.2, 0.25) is 0 Å². The van der Waals surface area contributed by atoms with Gasteiger partial charge >= 0.3 is 0 Å². The van der Waals surface area contributed by atoms with Crippen molar-refractivity contribution in [2.45, 2.75) is 107 Å². The molecule has 2 N–H and O–H groups in total. The van der Waals surface area contributed by atoms with Gasteiger partial charge < -0.3 is 10.2 Å². The zero-order valence-corrected chi connectivity index (χ0v) is 22.0. The molecule has 0 aromatic heterocycles. The van der Waals surface area contributed by atoms with Gasteiger partial charge in [0, 0.05) is 27.5 Å². The molecule has 6 aliphatic rings. The summed E-state index contributed by atoms with van der Waals surface area (Å²) >= 11 is 2.88. The van der Waals surface area contributed by atoms with Crippen LogP contribution in [0.15, 0.2) is 11.6 Å². The fourth-order valence-corrected chi connectivity index (χ4v) is 12.0. The molecular formula is C27H42INO2. The Morgan fingerprint density at radius 1 is 1.06 bits per heavy atom. The van der Waals surface area contributed by atoms with Gasteiger partial charge in [0.05, 0.1) is 12.2 Å². The monoisotopic (exact) mass is 539 g/mol. The first kappa shape index (κ1) is 21.9. The van der Waals surface area contributed by atoms with Gasteiger partial charge in [-0.2, -0.15) is 0 Å². The molecule has 3 nitrogen and oxygen atoms in total. The first-order chi connectivity index (χ1) is 14.6. The van der Waals surface area contributed by atoms with Crippen molar-refractivity contribution in [2.24, 2.45) is 40.4 Å². The number of rotatable bonds is 0. The molecular weight excluding hydrogens is 497 g/mol. The summed E-state index contributed by atoms with van der Waals surface area (Å²) in [6.45, 7) is 11.2. The van der Waals surface area contributed by atoms with Crippen LogP contribution in [-0.4, -0.2) is 49.4 Å². The smallest absolute Gasteiger partial charge is 0.0613 e. The van der Waals surface area contributed by atoms with Crippen LogP contribution in [0.1, 0.15) is 79.1 Å². The quantitative estimate of drug-likeness (QED) is 0.253. The highest BCUT2D eigenvalue weighted by molar-refractivity contribution is 14.1. The van der Waals surface area contributed by atoms with E-state index < -0.39 is 0 Å². The number of aliphatic hydroxyl groups is 2. The van der Waals surface area contributed by atoms with Crippen molar-refractivity contribution in [1.82, 2.24) is 4.90 Å². The fourth-order valence-electron chi connectivity index (χ4n) is 10.2. The summed E-state index contributed by atoms with van der Waals surface area (Å²) in [6, 6.07) is 1.35. The van der Waals surface area contributed by atoms with E-state index in [1.165, 1.54) is 37.8 Å². The average Bonchev–Trinajstić information content (AvgIpc) is 3.10. The number of piperidine rings is 1. The third kappa shape index (κ3) is 2.57. The third-order valence-corrected chi connectivity index (χ3v) is 14.8. The zero-order valence-electron chi connectivity index (χ0n) is 19.9. The van der Waals surface area contributed by atoms with Gasteiger partial charge in [-0.3, -0.25) is 4.90 Å². The lowest BCUT2D eigenvalue weighted by molar-refractivity contribution is -0.126. The number of fused-ring (bicyclic) bond motifs is 9. The average molecular weight is 540 g/mol. The molecule has 0 aromatic rings. The van der Waals surface area contributed by atoms with E-state index in [2.05, 4.69) is 61.3 Å². The van der Waals surface area contributed by atoms with E-state index in [-0.39, 0.29) is 26.5 Å². The SMILES string of the molecule is C[C@H]1CC[C@@H]2[C@@H](C)C3(I)C(C[C@H]4[C@@H]5CC=C6C[C@@H](O)CC[C@]6(C)[C@H]5C[C@H](O)[C@@]43C)N2C1. The molecule has 31 heavy (non-hydrogen) atoms. The molecule has 0 radical (unpaired) electrons. The summed E-state index contributed by atoms with van der Waals surface area (Å²) in [4.78, 5) is 2.92. The van der Waals surface area contributed by atoms with E-state index in [9.17, 15) is 10.2 Å². The number of nitrogens with zero attached hydrogens (tertiary/aromatic N) is 1. The van der Waals surface area contributed by atoms with Crippen LogP contribution in [0, 0.1) is 40.4 Å². The summed E-state index contributed by atoms with van der Waals surface area (Å²) in [5, 5.41) is 22.3. The van der Waals surface area contributed by atoms with Gasteiger partial charge in [0.2, 0.25) is 0 Å². The number of halogens is 1. The Balaban J connectivity index is 1.40. The first-order valence-corrected chi connectivity index (χ1v) is 14.2. The van der Waals surface area contributed by atoms with Gasteiger partial charge in [0.1, 0.15) is 0 Å². The molecule has 5 fully saturated rings. The van der Waals surface area contributed by atoms with Gasteiger partial charge in [0.25, 0.3) is 0 Å². The minimum Gasteiger partial charge on any atom is -0.393 e. The van der Waals surface area contributed by atoms with Crippen molar-refractivity contribution < 1.29 is 10.2 Å². The van der Waals surface area contributed by atoms with E-state index in [0.29, 0.717) is 29.7 Å². The lowest BCUT2D eigenvalue weighted by atomic mass is 9.46. The topological polar surface area (TPSA) is 43.7 Å². The van der Waals surface area contributed by atoms with Crippen LogP contribution in [-0.2, 0) is 0 Å². The van der Waals surface area contributed by atoms with Crippen molar-refractivity contribution in [1.29, 1.82) is 0 Å².